The van der Waals surface area contributed by atoms with E-state index in [1.165, 1.54) is 0 Å². The monoisotopic (exact) mass is 411 g/mol. The number of H-pyrrole nitrogens is 1. The lowest BCUT2D eigenvalue weighted by Gasteiger charge is -2.13. The van der Waals surface area contributed by atoms with Crippen molar-refractivity contribution in [1.82, 2.24) is 10.3 Å². The summed E-state index contributed by atoms with van der Waals surface area (Å²) < 4.78 is 10.5. The quantitative estimate of drug-likeness (QED) is 0.537. The molecule has 1 heterocycles. The van der Waals surface area contributed by atoms with Gasteiger partial charge in [-0.25, -0.2) is 0 Å². The van der Waals surface area contributed by atoms with E-state index in [0.717, 1.165) is 33.3 Å². The number of aromatic amines is 1. The molecule has 0 radical (unpaired) electrons. The minimum atomic E-state index is -0.0632. The van der Waals surface area contributed by atoms with Gasteiger partial charge in [-0.05, 0) is 67.2 Å². The van der Waals surface area contributed by atoms with Crippen LogP contribution in [0.4, 0.5) is 5.69 Å². The maximum Gasteiger partial charge on any atom is 0.251 e. The number of anilines is 1. The number of ether oxygens (including phenoxy) is 2. The van der Waals surface area contributed by atoms with E-state index < -0.39 is 0 Å². The van der Waals surface area contributed by atoms with Crippen molar-refractivity contribution in [2.75, 3.05) is 26.1 Å². The second-order valence-corrected chi connectivity index (χ2v) is 7.20. The van der Waals surface area contributed by atoms with Crippen LogP contribution in [-0.4, -0.2) is 30.9 Å². The highest BCUT2D eigenvalue weighted by molar-refractivity contribution is 7.80. The average Bonchev–Trinajstić information content (AvgIpc) is 2.71. The lowest BCUT2D eigenvalue weighted by molar-refractivity contribution is 0.355. The molecule has 3 aromatic rings. The van der Waals surface area contributed by atoms with Crippen LogP contribution in [0, 0.1) is 13.8 Å². The van der Waals surface area contributed by atoms with Gasteiger partial charge in [-0.2, -0.15) is 0 Å². The Kier molecular flexibility index (Phi) is 6.39. The lowest BCUT2D eigenvalue weighted by atomic mass is 10.0. The summed E-state index contributed by atoms with van der Waals surface area (Å²) in [5, 5.41) is 7.76. The molecular weight excluding hydrogens is 386 g/mol. The summed E-state index contributed by atoms with van der Waals surface area (Å²) in [6, 6.07) is 11.5. The Morgan fingerprint density at radius 2 is 1.83 bits per heavy atom. The summed E-state index contributed by atoms with van der Waals surface area (Å²) in [4.78, 5) is 15.4. The molecule has 0 spiro atoms. The highest BCUT2D eigenvalue weighted by atomic mass is 32.1. The molecule has 1 aromatic heterocycles. The molecule has 0 amide bonds. The van der Waals surface area contributed by atoms with E-state index in [4.69, 9.17) is 21.7 Å². The van der Waals surface area contributed by atoms with E-state index >= 15 is 0 Å². The fraction of sp³-hybridized carbons (Fsp3) is 0.273. The fourth-order valence-electron chi connectivity index (χ4n) is 3.16. The molecule has 0 unspecified atom stereocenters. The van der Waals surface area contributed by atoms with Crippen molar-refractivity contribution in [3.05, 3.63) is 63.4 Å². The number of aromatic nitrogens is 1. The maximum absolute atomic E-state index is 12.4. The molecule has 3 rings (SSSR count). The van der Waals surface area contributed by atoms with Crippen molar-refractivity contribution in [1.29, 1.82) is 0 Å². The Morgan fingerprint density at radius 1 is 1.07 bits per heavy atom. The molecule has 0 aliphatic carbocycles. The number of methoxy groups -OCH3 is 2. The number of aryl methyl sites for hydroxylation is 2. The number of pyridine rings is 1. The van der Waals surface area contributed by atoms with Gasteiger partial charge >= 0.3 is 0 Å². The van der Waals surface area contributed by atoms with Crippen molar-refractivity contribution < 1.29 is 9.47 Å². The third-order valence-electron chi connectivity index (χ3n) is 4.95. The highest BCUT2D eigenvalue weighted by Gasteiger charge is 2.08. The van der Waals surface area contributed by atoms with Crippen LogP contribution in [0.5, 0.6) is 11.5 Å². The van der Waals surface area contributed by atoms with Gasteiger partial charge in [0.05, 0.1) is 19.7 Å². The first kappa shape index (κ1) is 20.7. The van der Waals surface area contributed by atoms with Gasteiger partial charge in [0.25, 0.3) is 5.56 Å². The standard InChI is InChI=1S/C22H25N3O3S/c1-13-5-6-15-11-16(21(26)25-20(15)14(13)2)9-10-23-22(29)24-17-7-8-18(27-3)19(12-17)28-4/h5-8,11-12H,9-10H2,1-4H3,(H,25,26)(H2,23,24,29). The van der Waals surface area contributed by atoms with Gasteiger partial charge < -0.3 is 25.1 Å². The van der Waals surface area contributed by atoms with Crippen molar-refractivity contribution in [2.45, 2.75) is 20.3 Å². The van der Waals surface area contributed by atoms with Crippen LogP contribution in [0.1, 0.15) is 16.7 Å². The van der Waals surface area contributed by atoms with Crippen LogP contribution in [0.15, 0.2) is 41.2 Å². The van der Waals surface area contributed by atoms with E-state index in [0.29, 0.717) is 29.6 Å². The molecule has 29 heavy (non-hydrogen) atoms. The predicted molar refractivity (Wildman–Crippen MR) is 122 cm³/mol. The van der Waals surface area contributed by atoms with Gasteiger partial charge in [0, 0.05) is 23.9 Å². The van der Waals surface area contributed by atoms with Crippen molar-refractivity contribution in [3.63, 3.8) is 0 Å². The van der Waals surface area contributed by atoms with Crippen LogP contribution in [0.25, 0.3) is 10.9 Å². The van der Waals surface area contributed by atoms with Crippen molar-refractivity contribution in [3.8, 4) is 11.5 Å². The third kappa shape index (κ3) is 4.68. The largest absolute Gasteiger partial charge is 0.493 e. The smallest absolute Gasteiger partial charge is 0.251 e. The molecule has 7 heteroatoms. The summed E-state index contributed by atoms with van der Waals surface area (Å²) in [5.74, 6) is 1.27. The minimum absolute atomic E-state index is 0.0632. The second-order valence-electron chi connectivity index (χ2n) is 6.80. The first-order valence-corrected chi connectivity index (χ1v) is 9.72. The first-order valence-electron chi connectivity index (χ1n) is 9.32. The van der Waals surface area contributed by atoms with Gasteiger partial charge in [0.15, 0.2) is 16.6 Å². The molecule has 0 aliphatic rings. The highest BCUT2D eigenvalue weighted by Crippen LogP contribution is 2.29. The van der Waals surface area contributed by atoms with E-state index in [2.05, 4.69) is 21.7 Å². The van der Waals surface area contributed by atoms with E-state index in [-0.39, 0.29) is 5.56 Å². The number of benzene rings is 2. The van der Waals surface area contributed by atoms with Gasteiger partial charge in [0.2, 0.25) is 0 Å². The zero-order chi connectivity index (χ0) is 21.0. The summed E-state index contributed by atoms with van der Waals surface area (Å²) in [6.45, 7) is 4.60. The zero-order valence-corrected chi connectivity index (χ0v) is 17.8. The zero-order valence-electron chi connectivity index (χ0n) is 17.0. The van der Waals surface area contributed by atoms with Crippen molar-refractivity contribution in [2.24, 2.45) is 0 Å². The molecule has 6 nitrogen and oxygen atoms in total. The molecule has 0 aliphatic heterocycles. The third-order valence-corrected chi connectivity index (χ3v) is 5.20. The van der Waals surface area contributed by atoms with Crippen LogP contribution < -0.4 is 25.7 Å². The fourth-order valence-corrected chi connectivity index (χ4v) is 3.38. The summed E-state index contributed by atoms with van der Waals surface area (Å²) in [7, 11) is 3.18. The van der Waals surface area contributed by atoms with Crippen molar-refractivity contribution >= 4 is 33.9 Å². The average molecular weight is 412 g/mol. The summed E-state index contributed by atoms with van der Waals surface area (Å²) in [5.41, 5.74) is 4.61. The van der Waals surface area contributed by atoms with E-state index in [1.807, 2.05) is 44.2 Å². The molecule has 0 saturated heterocycles. The number of nitrogens with one attached hydrogen (secondary N) is 3. The predicted octanol–water partition coefficient (Wildman–Crippen LogP) is 3.69. The maximum atomic E-state index is 12.4. The molecule has 2 aromatic carbocycles. The van der Waals surface area contributed by atoms with Crippen LogP contribution in [0.2, 0.25) is 0 Å². The van der Waals surface area contributed by atoms with Crippen LogP contribution in [-0.2, 0) is 6.42 Å². The Balaban J connectivity index is 1.62. The molecule has 0 bridgehead atoms. The molecular formula is C22H25N3O3S. The minimum Gasteiger partial charge on any atom is -0.493 e. The van der Waals surface area contributed by atoms with Crippen LogP contribution in [0.3, 0.4) is 0 Å². The number of hydrogen-bond donors (Lipinski definition) is 3. The number of thiocarbonyl (C=S) groups is 1. The van der Waals surface area contributed by atoms with Gasteiger partial charge in [-0.15, -0.1) is 0 Å². The number of fused-ring (bicyclic) bond motifs is 1. The topological polar surface area (TPSA) is 75.4 Å². The normalized spacial score (nSPS) is 10.6. The summed E-state index contributed by atoms with van der Waals surface area (Å²) >= 11 is 5.35. The van der Waals surface area contributed by atoms with Crippen LogP contribution >= 0.6 is 12.2 Å². The molecule has 152 valence electrons. The summed E-state index contributed by atoms with van der Waals surface area (Å²) in [6.07, 6.45) is 0.561. The second kappa shape index (κ2) is 8.96. The Labute approximate surface area is 175 Å². The Hall–Kier alpha value is -3.06. The molecule has 0 fully saturated rings. The van der Waals surface area contributed by atoms with E-state index in [1.54, 1.807) is 14.2 Å². The number of rotatable bonds is 6. The molecule has 0 saturated carbocycles. The Bertz CT molecular complexity index is 1110. The molecule has 3 N–H and O–H groups in total. The van der Waals surface area contributed by atoms with Gasteiger partial charge in [0.1, 0.15) is 0 Å². The van der Waals surface area contributed by atoms with E-state index in [9.17, 15) is 4.79 Å². The molecule has 0 atom stereocenters. The van der Waals surface area contributed by atoms with Gasteiger partial charge in [-0.1, -0.05) is 12.1 Å². The lowest BCUT2D eigenvalue weighted by Crippen LogP contribution is -2.31. The number of hydrogen-bond acceptors (Lipinski definition) is 4. The first-order chi connectivity index (χ1) is 13.9. The SMILES string of the molecule is COc1ccc(NC(=S)NCCc2cc3ccc(C)c(C)c3[nH]c2=O)cc1OC. The van der Waals surface area contributed by atoms with Gasteiger partial charge in [-0.3, -0.25) is 4.79 Å². The Morgan fingerprint density at radius 3 is 2.55 bits per heavy atom.